The first-order valence-electron chi connectivity index (χ1n) is 7.85. The monoisotopic (exact) mass is 320 g/mol. The molecule has 6 heteroatoms. The lowest BCUT2D eigenvalue weighted by Gasteiger charge is -2.15. The molecule has 23 heavy (non-hydrogen) atoms. The summed E-state index contributed by atoms with van der Waals surface area (Å²) in [5.41, 5.74) is 2.24. The molecule has 128 valence electrons. The van der Waals surface area contributed by atoms with Crippen LogP contribution in [0.2, 0.25) is 0 Å². The summed E-state index contributed by atoms with van der Waals surface area (Å²) >= 11 is 0. The average Bonchev–Trinajstić information content (AvgIpc) is 2.52. The number of amides is 1. The number of aryl methyl sites for hydroxylation is 1. The van der Waals surface area contributed by atoms with Crippen molar-refractivity contribution in [3.05, 3.63) is 29.3 Å². The van der Waals surface area contributed by atoms with E-state index in [9.17, 15) is 4.79 Å². The van der Waals surface area contributed by atoms with Crippen LogP contribution in [0.15, 0.2) is 23.2 Å². The smallest absolute Gasteiger partial charge is 0.223 e. The number of ether oxygens (including phenoxy) is 1. The van der Waals surface area contributed by atoms with E-state index in [2.05, 4.69) is 27.8 Å². The van der Waals surface area contributed by atoms with E-state index in [0.29, 0.717) is 32.1 Å². The number of guanidine groups is 1. The van der Waals surface area contributed by atoms with E-state index in [1.54, 1.807) is 26.0 Å². The van der Waals surface area contributed by atoms with Crippen molar-refractivity contribution in [2.24, 2.45) is 4.99 Å². The standard InChI is InChI=1S/C17H28N4O2/c1-6-23-15-11-13(2)7-8-14(15)12-20-17(18-3)19-10-9-16(22)21(4)5/h7-8,11H,6,9-10,12H2,1-5H3,(H2,18,19,20). The fourth-order valence-corrected chi connectivity index (χ4v) is 2.01. The predicted molar refractivity (Wildman–Crippen MR) is 93.9 cm³/mol. The van der Waals surface area contributed by atoms with Crippen LogP contribution in [0.1, 0.15) is 24.5 Å². The molecule has 1 aromatic carbocycles. The fraction of sp³-hybridized carbons (Fsp3) is 0.529. The zero-order valence-corrected chi connectivity index (χ0v) is 14.8. The molecule has 0 unspecified atom stereocenters. The van der Waals surface area contributed by atoms with Gasteiger partial charge in [0.05, 0.1) is 6.61 Å². The molecule has 0 atom stereocenters. The molecule has 0 heterocycles. The van der Waals surface area contributed by atoms with Gasteiger partial charge in [-0.15, -0.1) is 0 Å². The van der Waals surface area contributed by atoms with Crippen LogP contribution in [0.3, 0.4) is 0 Å². The summed E-state index contributed by atoms with van der Waals surface area (Å²) in [5.74, 6) is 1.64. The molecule has 0 aliphatic rings. The van der Waals surface area contributed by atoms with E-state index < -0.39 is 0 Å². The van der Waals surface area contributed by atoms with Gasteiger partial charge in [-0.3, -0.25) is 9.79 Å². The van der Waals surface area contributed by atoms with E-state index >= 15 is 0 Å². The summed E-state index contributed by atoms with van der Waals surface area (Å²) in [6.45, 7) is 5.81. The largest absolute Gasteiger partial charge is 0.494 e. The van der Waals surface area contributed by atoms with Crippen molar-refractivity contribution in [1.82, 2.24) is 15.5 Å². The number of carbonyl (C=O) groups excluding carboxylic acids is 1. The highest BCUT2D eigenvalue weighted by molar-refractivity contribution is 5.81. The maximum Gasteiger partial charge on any atom is 0.223 e. The maximum atomic E-state index is 11.5. The molecule has 2 N–H and O–H groups in total. The molecule has 0 aliphatic carbocycles. The van der Waals surface area contributed by atoms with E-state index in [0.717, 1.165) is 11.3 Å². The summed E-state index contributed by atoms with van der Waals surface area (Å²) in [5, 5.41) is 6.38. The zero-order valence-electron chi connectivity index (χ0n) is 14.8. The fourth-order valence-electron chi connectivity index (χ4n) is 2.01. The van der Waals surface area contributed by atoms with Crippen LogP contribution in [0.25, 0.3) is 0 Å². The normalized spacial score (nSPS) is 11.1. The Labute approximate surface area is 138 Å². The van der Waals surface area contributed by atoms with Crippen molar-refractivity contribution in [3.63, 3.8) is 0 Å². The molecule has 6 nitrogen and oxygen atoms in total. The van der Waals surface area contributed by atoms with Gasteiger partial charge < -0.3 is 20.3 Å². The van der Waals surface area contributed by atoms with Gasteiger partial charge in [0.25, 0.3) is 0 Å². The minimum atomic E-state index is 0.0881. The van der Waals surface area contributed by atoms with Gasteiger partial charge in [0.15, 0.2) is 5.96 Å². The molecule has 0 saturated carbocycles. The van der Waals surface area contributed by atoms with Crippen molar-refractivity contribution in [1.29, 1.82) is 0 Å². The first-order valence-corrected chi connectivity index (χ1v) is 7.85. The van der Waals surface area contributed by atoms with Crippen molar-refractivity contribution in [2.75, 3.05) is 34.3 Å². The Morgan fingerprint density at radius 2 is 2.04 bits per heavy atom. The third-order valence-electron chi connectivity index (χ3n) is 3.32. The third kappa shape index (κ3) is 6.59. The van der Waals surface area contributed by atoms with Crippen LogP contribution in [0.5, 0.6) is 5.75 Å². The Hall–Kier alpha value is -2.24. The highest BCUT2D eigenvalue weighted by Crippen LogP contribution is 2.20. The number of carbonyl (C=O) groups is 1. The second kappa shape index (κ2) is 9.71. The van der Waals surface area contributed by atoms with Crippen LogP contribution in [0.4, 0.5) is 0 Å². The molecule has 0 saturated heterocycles. The molecule has 0 aliphatic heterocycles. The van der Waals surface area contributed by atoms with Crippen molar-refractivity contribution >= 4 is 11.9 Å². The number of rotatable bonds is 7. The van der Waals surface area contributed by atoms with Gasteiger partial charge in [0, 0.05) is 46.2 Å². The van der Waals surface area contributed by atoms with Gasteiger partial charge in [0.1, 0.15) is 5.75 Å². The van der Waals surface area contributed by atoms with E-state index in [-0.39, 0.29) is 5.91 Å². The Morgan fingerprint density at radius 1 is 1.30 bits per heavy atom. The SMILES string of the molecule is CCOc1cc(C)ccc1CNC(=NC)NCCC(=O)N(C)C. The number of hydrogen-bond acceptors (Lipinski definition) is 3. The molecular weight excluding hydrogens is 292 g/mol. The molecule has 0 fully saturated rings. The van der Waals surface area contributed by atoms with Gasteiger partial charge in [-0.05, 0) is 25.5 Å². The lowest BCUT2D eigenvalue weighted by molar-refractivity contribution is -0.128. The first-order chi connectivity index (χ1) is 11.0. The Morgan fingerprint density at radius 3 is 2.65 bits per heavy atom. The third-order valence-corrected chi connectivity index (χ3v) is 3.32. The van der Waals surface area contributed by atoms with Gasteiger partial charge in [-0.25, -0.2) is 0 Å². The van der Waals surface area contributed by atoms with Crippen LogP contribution in [-0.2, 0) is 11.3 Å². The average molecular weight is 320 g/mol. The van der Waals surface area contributed by atoms with Gasteiger partial charge >= 0.3 is 0 Å². The van der Waals surface area contributed by atoms with Crippen molar-refractivity contribution in [3.8, 4) is 5.75 Å². The maximum absolute atomic E-state index is 11.5. The van der Waals surface area contributed by atoms with Gasteiger partial charge in [-0.1, -0.05) is 12.1 Å². The molecule has 0 bridgehead atoms. The molecule has 1 aromatic rings. The summed E-state index contributed by atoms with van der Waals surface area (Å²) in [6.07, 6.45) is 0.433. The number of hydrogen-bond donors (Lipinski definition) is 2. The van der Waals surface area contributed by atoms with Crippen LogP contribution >= 0.6 is 0 Å². The predicted octanol–water partition coefficient (Wildman–Crippen LogP) is 1.54. The van der Waals surface area contributed by atoms with Crippen LogP contribution in [-0.4, -0.2) is 51.1 Å². The van der Waals surface area contributed by atoms with Crippen molar-refractivity contribution < 1.29 is 9.53 Å². The molecule has 1 amide bonds. The molecule has 0 aromatic heterocycles. The van der Waals surface area contributed by atoms with E-state index in [4.69, 9.17) is 4.74 Å². The summed E-state index contributed by atoms with van der Waals surface area (Å²) < 4.78 is 5.67. The Balaban J connectivity index is 2.53. The molecular formula is C17H28N4O2. The molecule has 0 spiro atoms. The molecule has 1 rings (SSSR count). The van der Waals surface area contributed by atoms with Gasteiger partial charge in [0.2, 0.25) is 5.91 Å². The van der Waals surface area contributed by atoms with E-state index in [1.165, 1.54) is 5.56 Å². The topological polar surface area (TPSA) is 66.0 Å². The first kappa shape index (κ1) is 18.8. The Kier molecular flexibility index (Phi) is 7.94. The number of nitrogens with zero attached hydrogens (tertiary/aromatic N) is 2. The van der Waals surface area contributed by atoms with E-state index in [1.807, 2.05) is 19.9 Å². The quantitative estimate of drug-likeness (QED) is 0.591. The molecule has 0 radical (unpaired) electrons. The number of aliphatic imine (C=N–C) groups is 1. The highest BCUT2D eigenvalue weighted by atomic mass is 16.5. The highest BCUT2D eigenvalue weighted by Gasteiger charge is 2.07. The van der Waals surface area contributed by atoms with Crippen molar-refractivity contribution in [2.45, 2.75) is 26.8 Å². The minimum absolute atomic E-state index is 0.0881. The Bertz CT molecular complexity index is 541. The number of nitrogens with one attached hydrogen (secondary N) is 2. The lowest BCUT2D eigenvalue weighted by atomic mass is 10.1. The van der Waals surface area contributed by atoms with Gasteiger partial charge in [-0.2, -0.15) is 0 Å². The van der Waals surface area contributed by atoms with Crippen LogP contribution < -0.4 is 15.4 Å². The summed E-state index contributed by atoms with van der Waals surface area (Å²) in [6, 6.07) is 6.15. The lowest BCUT2D eigenvalue weighted by Crippen LogP contribution is -2.38. The minimum Gasteiger partial charge on any atom is -0.494 e. The number of benzene rings is 1. The zero-order chi connectivity index (χ0) is 17.2. The second-order valence-electron chi connectivity index (χ2n) is 5.43. The summed E-state index contributed by atoms with van der Waals surface area (Å²) in [7, 11) is 5.21. The second-order valence-corrected chi connectivity index (χ2v) is 5.43. The summed E-state index contributed by atoms with van der Waals surface area (Å²) in [4.78, 5) is 17.3. The van der Waals surface area contributed by atoms with Crippen LogP contribution in [0, 0.1) is 6.92 Å².